The smallest absolute Gasteiger partial charge is 0.213 e. The Morgan fingerprint density at radius 2 is 2.00 bits per heavy atom. The van der Waals surface area contributed by atoms with E-state index in [-0.39, 0.29) is 5.75 Å². The monoisotopic (exact) mass is 343 g/mol. The standard InChI is InChI=1S/C15H29N5O2S/c1-13-16-14(2)20(17-13)12-15-8-5-6-9-19(15)10-7-11-23(21,22)18(3)4/h15H,5-12H2,1-4H3/t15-/m0/s1. The molecule has 0 aromatic carbocycles. The third kappa shape index (κ3) is 4.99. The molecule has 0 unspecified atom stereocenters. The van der Waals surface area contributed by atoms with Crippen LogP contribution < -0.4 is 0 Å². The van der Waals surface area contributed by atoms with E-state index < -0.39 is 10.0 Å². The molecule has 1 saturated heterocycles. The van der Waals surface area contributed by atoms with Gasteiger partial charge in [-0.05, 0) is 46.2 Å². The topological polar surface area (TPSA) is 71.3 Å². The van der Waals surface area contributed by atoms with Crippen LogP contribution in [0.5, 0.6) is 0 Å². The molecule has 0 radical (unpaired) electrons. The average molecular weight is 343 g/mol. The highest BCUT2D eigenvalue weighted by Gasteiger charge is 2.24. The molecule has 1 aromatic heterocycles. The quantitative estimate of drug-likeness (QED) is 0.739. The third-order valence-electron chi connectivity index (χ3n) is 4.50. The highest BCUT2D eigenvalue weighted by atomic mass is 32.2. The van der Waals surface area contributed by atoms with Crippen molar-refractivity contribution >= 4 is 10.0 Å². The Labute approximate surface area is 139 Å². The number of sulfonamides is 1. The Balaban J connectivity index is 1.92. The summed E-state index contributed by atoms with van der Waals surface area (Å²) in [6.45, 7) is 6.60. The molecule has 23 heavy (non-hydrogen) atoms. The van der Waals surface area contributed by atoms with Gasteiger partial charge in [-0.1, -0.05) is 6.42 Å². The molecule has 1 fully saturated rings. The van der Waals surface area contributed by atoms with E-state index >= 15 is 0 Å². The summed E-state index contributed by atoms with van der Waals surface area (Å²) in [5.41, 5.74) is 0. The summed E-state index contributed by atoms with van der Waals surface area (Å²) in [5, 5.41) is 4.46. The number of rotatable bonds is 7. The molecule has 1 atom stereocenters. The van der Waals surface area contributed by atoms with Crippen LogP contribution >= 0.6 is 0 Å². The molecule has 132 valence electrons. The Morgan fingerprint density at radius 1 is 1.26 bits per heavy atom. The van der Waals surface area contributed by atoms with Gasteiger partial charge in [0.05, 0.1) is 12.3 Å². The normalized spacial score (nSPS) is 20.3. The molecule has 0 amide bonds. The van der Waals surface area contributed by atoms with E-state index in [9.17, 15) is 8.42 Å². The minimum atomic E-state index is -3.10. The largest absolute Gasteiger partial charge is 0.299 e. The fraction of sp³-hybridized carbons (Fsp3) is 0.867. The van der Waals surface area contributed by atoms with Crippen LogP contribution in [0.15, 0.2) is 0 Å². The first-order valence-corrected chi connectivity index (χ1v) is 9.93. The predicted octanol–water partition coefficient (Wildman–Crippen LogP) is 1.03. The van der Waals surface area contributed by atoms with Gasteiger partial charge in [0.2, 0.25) is 10.0 Å². The van der Waals surface area contributed by atoms with Gasteiger partial charge in [0.1, 0.15) is 11.6 Å². The second-order valence-corrected chi connectivity index (χ2v) is 8.83. The first kappa shape index (κ1) is 18.4. The first-order chi connectivity index (χ1) is 10.8. The van der Waals surface area contributed by atoms with Crippen LogP contribution in [0, 0.1) is 13.8 Å². The Morgan fingerprint density at radius 3 is 2.61 bits per heavy atom. The zero-order chi connectivity index (χ0) is 17.0. The van der Waals surface area contributed by atoms with Gasteiger partial charge in [0, 0.05) is 20.1 Å². The van der Waals surface area contributed by atoms with Crippen molar-refractivity contribution in [1.29, 1.82) is 0 Å². The molecule has 0 aliphatic carbocycles. The second kappa shape index (κ2) is 7.72. The molecule has 0 N–H and O–H groups in total. The number of hydrogen-bond acceptors (Lipinski definition) is 5. The van der Waals surface area contributed by atoms with E-state index in [1.54, 1.807) is 14.1 Å². The molecule has 7 nitrogen and oxygen atoms in total. The minimum absolute atomic E-state index is 0.213. The van der Waals surface area contributed by atoms with E-state index in [1.807, 2.05) is 18.5 Å². The van der Waals surface area contributed by atoms with Gasteiger partial charge in [-0.3, -0.25) is 4.90 Å². The molecule has 2 rings (SSSR count). The van der Waals surface area contributed by atoms with Crippen molar-refractivity contribution in [2.24, 2.45) is 0 Å². The minimum Gasteiger partial charge on any atom is -0.299 e. The van der Waals surface area contributed by atoms with Crippen LogP contribution in [-0.4, -0.2) is 71.4 Å². The van der Waals surface area contributed by atoms with Crippen LogP contribution in [0.4, 0.5) is 0 Å². The Bertz CT molecular complexity index is 611. The van der Waals surface area contributed by atoms with Crippen molar-refractivity contribution in [3.63, 3.8) is 0 Å². The first-order valence-electron chi connectivity index (χ1n) is 8.32. The van der Waals surface area contributed by atoms with Crippen LogP contribution in [0.25, 0.3) is 0 Å². The van der Waals surface area contributed by atoms with E-state index in [1.165, 1.54) is 17.1 Å². The molecule has 1 aliphatic rings. The van der Waals surface area contributed by atoms with Gasteiger partial charge in [-0.25, -0.2) is 22.4 Å². The fourth-order valence-corrected chi connectivity index (χ4v) is 3.99. The molecule has 1 aromatic rings. The molecule has 0 saturated carbocycles. The summed E-state index contributed by atoms with van der Waals surface area (Å²) >= 11 is 0. The molecule has 8 heteroatoms. The van der Waals surface area contributed by atoms with E-state index in [2.05, 4.69) is 15.0 Å². The number of hydrogen-bond donors (Lipinski definition) is 0. The van der Waals surface area contributed by atoms with Crippen LogP contribution in [0.1, 0.15) is 37.3 Å². The number of nitrogens with zero attached hydrogens (tertiary/aromatic N) is 5. The van der Waals surface area contributed by atoms with Gasteiger partial charge < -0.3 is 0 Å². The van der Waals surface area contributed by atoms with Gasteiger partial charge in [0.15, 0.2) is 0 Å². The van der Waals surface area contributed by atoms with Crippen molar-refractivity contribution in [2.45, 2.75) is 52.1 Å². The van der Waals surface area contributed by atoms with Crippen LogP contribution in [-0.2, 0) is 16.6 Å². The van der Waals surface area contributed by atoms with Gasteiger partial charge in [-0.15, -0.1) is 0 Å². The van der Waals surface area contributed by atoms with Crippen LogP contribution in [0.3, 0.4) is 0 Å². The average Bonchev–Trinajstić information content (AvgIpc) is 2.78. The summed E-state index contributed by atoms with van der Waals surface area (Å²) in [7, 11) is 0.0846. The third-order valence-corrected chi connectivity index (χ3v) is 6.42. The Hall–Kier alpha value is -0.990. The maximum atomic E-state index is 11.9. The van der Waals surface area contributed by atoms with Crippen LogP contribution in [0.2, 0.25) is 0 Å². The van der Waals surface area contributed by atoms with Crippen molar-refractivity contribution in [2.75, 3.05) is 32.9 Å². The zero-order valence-corrected chi connectivity index (χ0v) is 15.5. The molecular weight excluding hydrogens is 314 g/mol. The highest BCUT2D eigenvalue weighted by Crippen LogP contribution is 2.19. The number of aromatic nitrogens is 3. The van der Waals surface area contributed by atoms with Gasteiger partial charge in [-0.2, -0.15) is 5.10 Å². The van der Waals surface area contributed by atoms with Crippen molar-refractivity contribution in [3.8, 4) is 0 Å². The number of likely N-dealkylation sites (tertiary alicyclic amines) is 1. The lowest BCUT2D eigenvalue weighted by Crippen LogP contribution is -2.43. The van der Waals surface area contributed by atoms with E-state index in [0.717, 1.165) is 37.7 Å². The van der Waals surface area contributed by atoms with E-state index in [0.29, 0.717) is 12.5 Å². The van der Waals surface area contributed by atoms with Gasteiger partial charge >= 0.3 is 0 Å². The maximum Gasteiger partial charge on any atom is 0.213 e. The van der Waals surface area contributed by atoms with Crippen molar-refractivity contribution < 1.29 is 8.42 Å². The summed E-state index contributed by atoms with van der Waals surface area (Å²) in [6.07, 6.45) is 4.22. The van der Waals surface area contributed by atoms with Crippen molar-refractivity contribution in [3.05, 3.63) is 11.6 Å². The molecular formula is C15H29N5O2S. The second-order valence-electron chi connectivity index (χ2n) is 6.53. The summed E-state index contributed by atoms with van der Waals surface area (Å²) < 4.78 is 27.0. The summed E-state index contributed by atoms with van der Waals surface area (Å²) in [4.78, 5) is 6.79. The maximum absolute atomic E-state index is 11.9. The van der Waals surface area contributed by atoms with Gasteiger partial charge in [0.25, 0.3) is 0 Å². The fourth-order valence-electron chi connectivity index (χ4n) is 3.13. The lowest BCUT2D eigenvalue weighted by atomic mass is 10.0. The molecule has 0 spiro atoms. The Kier molecular flexibility index (Phi) is 6.16. The highest BCUT2D eigenvalue weighted by molar-refractivity contribution is 7.89. The lowest BCUT2D eigenvalue weighted by Gasteiger charge is -2.35. The number of piperidine rings is 1. The predicted molar refractivity (Wildman–Crippen MR) is 90.8 cm³/mol. The molecule has 0 bridgehead atoms. The SMILES string of the molecule is Cc1nc(C)n(C[C@@H]2CCCCN2CCCS(=O)(=O)N(C)C)n1. The summed E-state index contributed by atoms with van der Waals surface area (Å²) in [5.74, 6) is 1.97. The molecule has 2 heterocycles. The lowest BCUT2D eigenvalue weighted by molar-refractivity contribution is 0.129. The molecule has 1 aliphatic heterocycles. The number of aryl methyl sites for hydroxylation is 2. The van der Waals surface area contributed by atoms with E-state index in [4.69, 9.17) is 0 Å². The summed E-state index contributed by atoms with van der Waals surface area (Å²) in [6, 6.07) is 0.422. The zero-order valence-electron chi connectivity index (χ0n) is 14.7. The van der Waals surface area contributed by atoms with Crippen molar-refractivity contribution in [1.82, 2.24) is 24.0 Å².